The number of hydrogen-bond acceptors (Lipinski definition) is 6. The van der Waals surface area contributed by atoms with E-state index in [1.54, 1.807) is 7.11 Å². The number of hydrogen-bond donors (Lipinski definition) is 1. The quantitative estimate of drug-likeness (QED) is 0.459. The molecule has 1 atom stereocenters. The summed E-state index contributed by atoms with van der Waals surface area (Å²) in [6.45, 7) is 2.14. The number of carbonyl (C=O) groups is 1. The molecular formula is C20H21N3O6. The van der Waals surface area contributed by atoms with E-state index in [1.807, 2.05) is 31.2 Å². The number of methoxy groups -OCH3 is 1. The monoisotopic (exact) mass is 399 g/mol. The van der Waals surface area contributed by atoms with Gasteiger partial charge in [-0.2, -0.15) is 0 Å². The van der Waals surface area contributed by atoms with Crippen molar-refractivity contribution < 1.29 is 18.9 Å². The summed E-state index contributed by atoms with van der Waals surface area (Å²) in [5.41, 5.74) is 1.34. The number of rotatable bonds is 8. The first kappa shape index (κ1) is 20.1. The molecule has 0 radical (unpaired) electrons. The van der Waals surface area contributed by atoms with Gasteiger partial charge in [-0.1, -0.05) is 18.2 Å². The highest BCUT2D eigenvalue weighted by molar-refractivity contribution is 5.77. The third-order valence-corrected chi connectivity index (χ3v) is 4.63. The Bertz CT molecular complexity index is 1100. The number of nitro benzene ring substituents is 1. The number of para-hydroxylation sites is 1. The van der Waals surface area contributed by atoms with E-state index in [2.05, 4.69) is 5.32 Å². The van der Waals surface area contributed by atoms with Gasteiger partial charge >= 0.3 is 5.76 Å². The molecule has 0 saturated carbocycles. The second-order valence-corrected chi connectivity index (χ2v) is 6.56. The predicted octanol–water partition coefficient (Wildman–Crippen LogP) is 3.17. The third-order valence-electron chi connectivity index (χ3n) is 4.63. The molecule has 0 fully saturated rings. The number of aryl methyl sites for hydroxylation is 1. The standard InChI is InChI=1S/C20H21N3O6/c1-13(15-6-3-4-7-17(15)28-2)21-19(24)8-5-11-22-16-10-9-14(23(26)27)12-18(16)29-20(22)25/h3-4,6-7,9-10,12-13H,5,8,11H2,1-2H3,(H,21,24). The maximum Gasteiger partial charge on any atom is 0.419 e. The molecule has 9 nitrogen and oxygen atoms in total. The van der Waals surface area contributed by atoms with E-state index in [-0.39, 0.29) is 36.2 Å². The lowest BCUT2D eigenvalue weighted by Gasteiger charge is -2.17. The lowest BCUT2D eigenvalue weighted by atomic mass is 10.1. The van der Waals surface area contributed by atoms with Crippen molar-refractivity contribution in [3.63, 3.8) is 0 Å². The smallest absolute Gasteiger partial charge is 0.419 e. The minimum atomic E-state index is -0.608. The number of fused-ring (bicyclic) bond motifs is 1. The van der Waals surface area contributed by atoms with Gasteiger partial charge in [-0.3, -0.25) is 19.5 Å². The van der Waals surface area contributed by atoms with Gasteiger partial charge in [0.2, 0.25) is 5.91 Å². The molecule has 152 valence electrons. The summed E-state index contributed by atoms with van der Waals surface area (Å²) in [6, 6.07) is 11.2. The zero-order chi connectivity index (χ0) is 21.0. The van der Waals surface area contributed by atoms with E-state index >= 15 is 0 Å². The fourth-order valence-electron chi connectivity index (χ4n) is 3.19. The average molecular weight is 399 g/mol. The number of amides is 1. The Morgan fingerprint density at radius 3 is 2.79 bits per heavy atom. The zero-order valence-electron chi connectivity index (χ0n) is 16.1. The highest BCUT2D eigenvalue weighted by Crippen LogP contribution is 2.24. The second kappa shape index (κ2) is 8.59. The lowest BCUT2D eigenvalue weighted by Crippen LogP contribution is -2.27. The number of oxazole rings is 1. The van der Waals surface area contributed by atoms with Crippen LogP contribution in [0.1, 0.15) is 31.4 Å². The van der Waals surface area contributed by atoms with Crippen LogP contribution >= 0.6 is 0 Å². The summed E-state index contributed by atoms with van der Waals surface area (Å²) in [6.07, 6.45) is 0.627. The Labute approximate surface area is 166 Å². The number of nitrogens with zero attached hydrogens (tertiary/aromatic N) is 2. The molecule has 3 aromatic rings. The third kappa shape index (κ3) is 4.45. The number of ether oxygens (including phenoxy) is 1. The predicted molar refractivity (Wildman–Crippen MR) is 106 cm³/mol. The summed E-state index contributed by atoms with van der Waals surface area (Å²) >= 11 is 0. The van der Waals surface area contributed by atoms with Crippen LogP contribution in [0.15, 0.2) is 51.7 Å². The Morgan fingerprint density at radius 1 is 1.31 bits per heavy atom. The Balaban J connectivity index is 1.61. The van der Waals surface area contributed by atoms with Crippen molar-refractivity contribution in [1.82, 2.24) is 9.88 Å². The van der Waals surface area contributed by atoms with Gasteiger partial charge in [-0.25, -0.2) is 4.79 Å². The Hall–Kier alpha value is -3.62. The summed E-state index contributed by atoms with van der Waals surface area (Å²) < 4.78 is 11.8. The molecule has 1 aromatic heterocycles. The van der Waals surface area contributed by atoms with Crippen molar-refractivity contribution in [2.24, 2.45) is 0 Å². The molecule has 1 unspecified atom stereocenters. The van der Waals surface area contributed by atoms with Crippen LogP contribution in [0.2, 0.25) is 0 Å². The highest BCUT2D eigenvalue weighted by atomic mass is 16.6. The molecule has 1 heterocycles. The van der Waals surface area contributed by atoms with Gasteiger partial charge in [-0.05, 0) is 25.5 Å². The van der Waals surface area contributed by atoms with Crippen molar-refractivity contribution in [3.05, 3.63) is 68.7 Å². The molecule has 0 bridgehead atoms. The van der Waals surface area contributed by atoms with Crippen LogP contribution in [0.5, 0.6) is 5.75 Å². The molecule has 1 N–H and O–H groups in total. The molecule has 0 spiro atoms. The van der Waals surface area contributed by atoms with E-state index in [4.69, 9.17) is 9.15 Å². The van der Waals surface area contributed by atoms with Crippen LogP contribution in [0.3, 0.4) is 0 Å². The number of nitro groups is 1. The first-order chi connectivity index (χ1) is 13.9. The molecule has 0 aliphatic heterocycles. The number of carbonyl (C=O) groups excluding carboxylic acids is 1. The molecular weight excluding hydrogens is 378 g/mol. The summed E-state index contributed by atoms with van der Waals surface area (Å²) in [4.78, 5) is 34.6. The van der Waals surface area contributed by atoms with Gasteiger partial charge in [0.1, 0.15) is 5.75 Å². The molecule has 9 heteroatoms. The van der Waals surface area contributed by atoms with Gasteiger partial charge < -0.3 is 14.5 Å². The maximum absolute atomic E-state index is 12.3. The van der Waals surface area contributed by atoms with Crippen molar-refractivity contribution in [2.45, 2.75) is 32.4 Å². The summed E-state index contributed by atoms with van der Waals surface area (Å²) in [7, 11) is 1.58. The van der Waals surface area contributed by atoms with Gasteiger partial charge in [0.25, 0.3) is 5.69 Å². The number of aromatic nitrogens is 1. The zero-order valence-corrected chi connectivity index (χ0v) is 16.1. The minimum absolute atomic E-state index is 0.150. The average Bonchev–Trinajstić information content (AvgIpc) is 3.02. The van der Waals surface area contributed by atoms with Gasteiger partial charge in [0.05, 0.1) is 29.7 Å². The Morgan fingerprint density at radius 2 is 2.07 bits per heavy atom. The lowest BCUT2D eigenvalue weighted by molar-refractivity contribution is -0.384. The summed E-state index contributed by atoms with van der Waals surface area (Å²) in [5.74, 6) is -0.0611. The van der Waals surface area contributed by atoms with Crippen LogP contribution in [0, 0.1) is 10.1 Å². The number of nitrogens with one attached hydrogen (secondary N) is 1. The van der Waals surface area contributed by atoms with Crippen LogP contribution in [-0.4, -0.2) is 22.5 Å². The second-order valence-electron chi connectivity index (χ2n) is 6.56. The van der Waals surface area contributed by atoms with Gasteiger partial charge in [-0.15, -0.1) is 0 Å². The first-order valence-electron chi connectivity index (χ1n) is 9.10. The molecule has 0 aliphatic rings. The van der Waals surface area contributed by atoms with E-state index < -0.39 is 10.7 Å². The van der Waals surface area contributed by atoms with Gasteiger partial charge in [0, 0.05) is 24.6 Å². The number of non-ortho nitro benzene ring substituents is 1. The van der Waals surface area contributed by atoms with E-state index in [0.717, 1.165) is 5.56 Å². The maximum atomic E-state index is 12.3. The van der Waals surface area contributed by atoms with Crippen LogP contribution < -0.4 is 15.8 Å². The van der Waals surface area contributed by atoms with Crippen LogP contribution in [0.4, 0.5) is 5.69 Å². The van der Waals surface area contributed by atoms with E-state index in [9.17, 15) is 19.7 Å². The number of benzene rings is 2. The van der Waals surface area contributed by atoms with Crippen molar-refractivity contribution in [2.75, 3.05) is 7.11 Å². The van der Waals surface area contributed by atoms with Gasteiger partial charge in [0.15, 0.2) is 5.58 Å². The van der Waals surface area contributed by atoms with Crippen molar-refractivity contribution in [1.29, 1.82) is 0 Å². The molecule has 0 saturated heterocycles. The van der Waals surface area contributed by atoms with E-state index in [1.165, 1.54) is 22.8 Å². The highest BCUT2D eigenvalue weighted by Gasteiger charge is 2.16. The molecule has 0 aliphatic carbocycles. The Kier molecular flexibility index (Phi) is 5.96. The minimum Gasteiger partial charge on any atom is -0.496 e. The fraction of sp³-hybridized carbons (Fsp3) is 0.300. The molecule has 3 rings (SSSR count). The summed E-state index contributed by atoms with van der Waals surface area (Å²) in [5, 5.41) is 13.8. The molecule has 2 aromatic carbocycles. The molecule has 29 heavy (non-hydrogen) atoms. The van der Waals surface area contributed by atoms with Crippen LogP contribution in [-0.2, 0) is 11.3 Å². The normalized spacial score (nSPS) is 11.9. The topological polar surface area (TPSA) is 117 Å². The fourth-order valence-corrected chi connectivity index (χ4v) is 3.19. The van der Waals surface area contributed by atoms with Crippen molar-refractivity contribution in [3.8, 4) is 5.75 Å². The SMILES string of the molecule is COc1ccccc1C(C)NC(=O)CCCn1c(=O)oc2cc([N+](=O)[O-])ccc21. The van der Waals surface area contributed by atoms with Crippen molar-refractivity contribution >= 4 is 22.7 Å². The first-order valence-corrected chi connectivity index (χ1v) is 9.10. The molecule has 1 amide bonds. The van der Waals surface area contributed by atoms with Crippen LogP contribution in [0.25, 0.3) is 11.1 Å². The van der Waals surface area contributed by atoms with E-state index in [0.29, 0.717) is 17.7 Å². The largest absolute Gasteiger partial charge is 0.496 e.